The molecule has 2 aromatic carbocycles. The van der Waals surface area contributed by atoms with Gasteiger partial charge in [0.15, 0.2) is 4.80 Å². The molecule has 5 rings (SSSR count). The molecule has 0 saturated carbocycles. The Hall–Kier alpha value is -3.70. The largest absolute Gasteiger partial charge is 0.457 e. The predicted molar refractivity (Wildman–Crippen MR) is 164 cm³/mol. The zero-order valence-corrected chi connectivity index (χ0v) is 25.6. The van der Waals surface area contributed by atoms with Gasteiger partial charge in [0, 0.05) is 35.8 Å². The maximum absolute atomic E-state index is 13.9. The summed E-state index contributed by atoms with van der Waals surface area (Å²) in [6.07, 6.45) is 1.58. The Kier molecular flexibility index (Phi) is 8.43. The lowest BCUT2D eigenvalue weighted by atomic mass is 9.94. The molecule has 0 aliphatic carbocycles. The molecule has 4 aromatic rings. The van der Waals surface area contributed by atoms with Gasteiger partial charge in [0.25, 0.3) is 17.2 Å². The number of likely N-dealkylation sites (N-methyl/N-ethyl adjacent to an activating group) is 1. The van der Waals surface area contributed by atoms with Crippen LogP contribution in [-0.4, -0.2) is 33.4 Å². The molecular weight excluding hydrogens is 623 g/mol. The van der Waals surface area contributed by atoms with Gasteiger partial charge in [-0.15, -0.1) is 0 Å². The maximum Gasteiger partial charge on any atom is 0.289 e. The summed E-state index contributed by atoms with van der Waals surface area (Å²) >= 11 is 19.7. The molecule has 0 fully saturated rings. The highest BCUT2D eigenvalue weighted by atomic mass is 35.5. The van der Waals surface area contributed by atoms with Gasteiger partial charge >= 0.3 is 0 Å². The van der Waals surface area contributed by atoms with Crippen molar-refractivity contribution < 1.29 is 14.1 Å². The van der Waals surface area contributed by atoms with Crippen LogP contribution in [0.5, 0.6) is 0 Å². The highest BCUT2D eigenvalue weighted by Crippen LogP contribution is 2.37. The van der Waals surface area contributed by atoms with Crippen LogP contribution in [0.1, 0.15) is 38.1 Å². The number of carbonyl (C=O) groups excluding carboxylic acids is 1. The lowest BCUT2D eigenvalue weighted by molar-refractivity contribution is -0.384. The first-order valence-electron chi connectivity index (χ1n) is 12.8. The van der Waals surface area contributed by atoms with E-state index >= 15 is 0 Å². The number of hydrogen-bond donors (Lipinski definition) is 0. The first-order valence-corrected chi connectivity index (χ1v) is 14.8. The van der Waals surface area contributed by atoms with E-state index in [-0.39, 0.29) is 27.2 Å². The number of nitro benzene ring substituents is 1. The SMILES string of the molecule is CCN(CC)C(=O)C1=C(C)N=c2s/c(=C/c3ccc(-c4cc(Cl)c([N+](=O)[O-])cc4Cl)o3)c(=O)n2[C@H]1c1ccc(Cl)cc1. The molecule has 1 amide bonds. The van der Waals surface area contributed by atoms with Gasteiger partial charge in [0.2, 0.25) is 0 Å². The summed E-state index contributed by atoms with van der Waals surface area (Å²) < 4.78 is 7.80. The molecule has 2 aromatic heterocycles. The molecule has 13 heteroatoms. The van der Waals surface area contributed by atoms with E-state index in [1.807, 2.05) is 13.8 Å². The Morgan fingerprint density at radius 3 is 2.45 bits per heavy atom. The number of nitrogens with zero attached hydrogens (tertiary/aromatic N) is 4. The fraction of sp³-hybridized carbons (Fsp3) is 0.207. The standard InChI is InChI=1S/C29H23Cl3N4O5S/c1-4-34(5-2)28(38)25-15(3)33-29-35(26(25)16-6-8-17(30)9-7-16)27(37)24(42-29)12-18-10-11-23(41-18)19-13-21(32)22(36(39)40)14-20(19)31/h6-14,26H,4-5H2,1-3H3/b24-12+/t26-/m0/s1. The summed E-state index contributed by atoms with van der Waals surface area (Å²) in [4.78, 5) is 44.9. The molecule has 216 valence electrons. The molecule has 1 aliphatic rings. The number of halogens is 3. The van der Waals surface area contributed by atoms with Gasteiger partial charge in [-0.3, -0.25) is 24.3 Å². The van der Waals surface area contributed by atoms with E-state index in [2.05, 4.69) is 4.99 Å². The van der Waals surface area contributed by atoms with Crippen molar-refractivity contribution in [3.63, 3.8) is 0 Å². The zero-order valence-electron chi connectivity index (χ0n) is 22.6. The molecule has 0 saturated heterocycles. The minimum Gasteiger partial charge on any atom is -0.457 e. The Bertz CT molecular complexity index is 1940. The number of furan rings is 1. The number of thiazole rings is 1. The quantitative estimate of drug-likeness (QED) is 0.175. The summed E-state index contributed by atoms with van der Waals surface area (Å²) in [7, 11) is 0. The molecule has 1 aliphatic heterocycles. The van der Waals surface area contributed by atoms with E-state index in [1.54, 1.807) is 54.3 Å². The number of allylic oxidation sites excluding steroid dienone is 1. The topological polar surface area (TPSA) is 111 Å². The van der Waals surface area contributed by atoms with Crippen LogP contribution in [0.2, 0.25) is 15.1 Å². The molecule has 42 heavy (non-hydrogen) atoms. The van der Waals surface area contributed by atoms with E-state index in [1.165, 1.54) is 22.0 Å². The van der Waals surface area contributed by atoms with Crippen LogP contribution in [0.3, 0.4) is 0 Å². The third-order valence-corrected chi connectivity index (χ3v) is 8.74. The lowest BCUT2D eigenvalue weighted by Crippen LogP contribution is -2.43. The molecule has 0 unspecified atom stereocenters. The summed E-state index contributed by atoms with van der Waals surface area (Å²) in [6, 6.07) is 12.2. The van der Waals surface area contributed by atoms with E-state index in [9.17, 15) is 19.7 Å². The number of nitro groups is 1. The predicted octanol–water partition coefficient (Wildman–Crippen LogP) is 6.23. The van der Waals surface area contributed by atoms with E-state index in [0.29, 0.717) is 55.8 Å². The molecule has 0 radical (unpaired) electrons. The normalized spacial score (nSPS) is 15.0. The number of carbonyl (C=O) groups is 1. The third kappa shape index (κ3) is 5.43. The molecule has 1 atom stereocenters. The Morgan fingerprint density at radius 2 is 1.81 bits per heavy atom. The average molecular weight is 646 g/mol. The van der Waals surface area contributed by atoms with Crippen LogP contribution >= 0.6 is 46.1 Å². The molecule has 0 bridgehead atoms. The van der Waals surface area contributed by atoms with Crippen LogP contribution < -0.4 is 14.9 Å². The van der Waals surface area contributed by atoms with Crippen molar-refractivity contribution in [3.8, 4) is 11.3 Å². The van der Waals surface area contributed by atoms with Gasteiger partial charge in [-0.2, -0.15) is 0 Å². The lowest BCUT2D eigenvalue weighted by Gasteiger charge is -2.29. The Labute approximate surface area is 258 Å². The van der Waals surface area contributed by atoms with Crippen molar-refractivity contribution >= 4 is 63.8 Å². The number of hydrogen-bond acceptors (Lipinski definition) is 7. The molecule has 0 spiro atoms. The van der Waals surface area contributed by atoms with E-state index in [4.69, 9.17) is 39.2 Å². The van der Waals surface area contributed by atoms with Gasteiger partial charge in [-0.05, 0) is 56.7 Å². The molecular formula is C29H23Cl3N4O5S. The average Bonchev–Trinajstić information content (AvgIpc) is 3.54. The summed E-state index contributed by atoms with van der Waals surface area (Å²) in [5.41, 5.74) is 1.39. The smallest absolute Gasteiger partial charge is 0.289 e. The summed E-state index contributed by atoms with van der Waals surface area (Å²) in [5.74, 6) is 0.474. The summed E-state index contributed by atoms with van der Waals surface area (Å²) in [5, 5.41) is 11.7. The van der Waals surface area contributed by atoms with Gasteiger partial charge in [-0.1, -0.05) is 58.3 Å². The number of aromatic nitrogens is 1. The zero-order chi connectivity index (χ0) is 30.3. The first-order chi connectivity index (χ1) is 20.0. The second-order valence-corrected chi connectivity index (χ2v) is 11.6. The summed E-state index contributed by atoms with van der Waals surface area (Å²) in [6.45, 7) is 6.59. The van der Waals surface area contributed by atoms with Crippen LogP contribution in [0.15, 0.2) is 74.0 Å². The minimum atomic E-state index is -0.706. The van der Waals surface area contributed by atoms with Crippen molar-refractivity contribution in [1.82, 2.24) is 9.47 Å². The first kappa shape index (κ1) is 29.8. The minimum absolute atomic E-state index is 0.0849. The van der Waals surface area contributed by atoms with E-state index < -0.39 is 11.0 Å². The molecule has 9 nitrogen and oxygen atoms in total. The van der Waals surface area contributed by atoms with Crippen LogP contribution in [0, 0.1) is 10.1 Å². The van der Waals surface area contributed by atoms with Gasteiger partial charge in [0.1, 0.15) is 16.5 Å². The van der Waals surface area contributed by atoms with Crippen LogP contribution in [-0.2, 0) is 4.79 Å². The second-order valence-electron chi connectivity index (χ2n) is 9.35. The van der Waals surface area contributed by atoms with Gasteiger partial charge in [-0.25, -0.2) is 4.99 Å². The molecule has 3 heterocycles. The molecule has 0 N–H and O–H groups in total. The number of fused-ring (bicyclic) bond motifs is 1. The third-order valence-electron chi connectivity index (χ3n) is 6.89. The van der Waals surface area contributed by atoms with Crippen molar-refractivity contribution in [2.75, 3.05) is 13.1 Å². The van der Waals surface area contributed by atoms with Crippen molar-refractivity contribution in [2.24, 2.45) is 4.99 Å². The number of rotatable bonds is 7. The van der Waals surface area contributed by atoms with Crippen LogP contribution in [0.4, 0.5) is 5.69 Å². The van der Waals surface area contributed by atoms with E-state index in [0.717, 1.165) is 11.6 Å². The fourth-order valence-electron chi connectivity index (χ4n) is 4.81. The Balaban J connectivity index is 1.62. The van der Waals surface area contributed by atoms with Crippen molar-refractivity contribution in [1.29, 1.82) is 0 Å². The van der Waals surface area contributed by atoms with Crippen molar-refractivity contribution in [2.45, 2.75) is 26.8 Å². The van der Waals surface area contributed by atoms with Crippen LogP contribution in [0.25, 0.3) is 17.4 Å². The highest BCUT2D eigenvalue weighted by molar-refractivity contribution is 7.07. The number of benzene rings is 2. The second kappa shape index (κ2) is 11.9. The maximum atomic E-state index is 13.9. The van der Waals surface area contributed by atoms with Crippen molar-refractivity contribution in [3.05, 3.63) is 116 Å². The van der Waals surface area contributed by atoms with Gasteiger partial charge < -0.3 is 9.32 Å². The fourth-order valence-corrected chi connectivity index (χ4v) is 6.44. The Morgan fingerprint density at radius 1 is 1.12 bits per heavy atom. The highest BCUT2D eigenvalue weighted by Gasteiger charge is 2.34. The van der Waals surface area contributed by atoms with Gasteiger partial charge in [0.05, 0.1) is 31.8 Å². The monoisotopic (exact) mass is 644 g/mol. The number of amides is 1.